The smallest absolute Gasteiger partial charge is 0.137 e. The normalized spacial score (nSPS) is 25.1. The van der Waals surface area contributed by atoms with Crippen LogP contribution < -0.4 is 16.0 Å². The molecule has 1 fully saturated rings. The largest absolute Gasteiger partial charge is 0.484 e. The molecule has 7 nitrogen and oxygen atoms in total. The Balaban J connectivity index is 1.59. The van der Waals surface area contributed by atoms with Gasteiger partial charge < -0.3 is 15.2 Å². The van der Waals surface area contributed by atoms with Crippen LogP contribution in [0.3, 0.4) is 0 Å². The summed E-state index contributed by atoms with van der Waals surface area (Å²) in [5, 5.41) is 16.8. The van der Waals surface area contributed by atoms with Gasteiger partial charge >= 0.3 is 0 Å². The maximum Gasteiger partial charge on any atom is 0.137 e. The molecule has 0 radical (unpaired) electrons. The van der Waals surface area contributed by atoms with Crippen LogP contribution in [-0.4, -0.2) is 48.2 Å². The number of hydrogen-bond donors (Lipinski definition) is 3. The van der Waals surface area contributed by atoms with Gasteiger partial charge in [0, 0.05) is 12.6 Å². The van der Waals surface area contributed by atoms with Crippen molar-refractivity contribution < 1.29 is 9.47 Å². The van der Waals surface area contributed by atoms with Crippen molar-refractivity contribution in [1.82, 2.24) is 9.47 Å². The van der Waals surface area contributed by atoms with Gasteiger partial charge in [0.15, 0.2) is 0 Å². The lowest BCUT2D eigenvalue weighted by Crippen LogP contribution is -2.51. The van der Waals surface area contributed by atoms with Crippen LogP contribution >= 0.6 is 0 Å². The lowest BCUT2D eigenvalue weighted by atomic mass is 9.86. The van der Waals surface area contributed by atoms with Crippen molar-refractivity contribution in [3.8, 4) is 5.75 Å². The van der Waals surface area contributed by atoms with E-state index in [2.05, 4.69) is 17.0 Å². The van der Waals surface area contributed by atoms with Gasteiger partial charge in [-0.2, -0.15) is 0 Å². The van der Waals surface area contributed by atoms with Crippen LogP contribution in [-0.2, 0) is 4.74 Å². The molecule has 1 aromatic heterocycles. The van der Waals surface area contributed by atoms with E-state index in [1.165, 1.54) is 0 Å². The molecule has 28 heavy (non-hydrogen) atoms. The summed E-state index contributed by atoms with van der Waals surface area (Å²) in [4.78, 5) is 2.09. The molecule has 4 N–H and O–H groups in total. The highest BCUT2D eigenvalue weighted by atomic mass is 16.5. The molecule has 7 heteroatoms. The number of aromatic nitrogens is 1. The second-order valence-corrected chi connectivity index (χ2v) is 7.50. The molecule has 2 heterocycles. The minimum Gasteiger partial charge on any atom is -0.484 e. The molecule has 148 valence electrons. The number of rotatable bonds is 3. The van der Waals surface area contributed by atoms with E-state index in [0.29, 0.717) is 24.8 Å². The van der Waals surface area contributed by atoms with Crippen LogP contribution in [0.25, 0.3) is 0 Å². The molecule has 2 unspecified atom stereocenters. The number of benzene rings is 1. The highest BCUT2D eigenvalue weighted by Gasteiger charge is 2.27. The van der Waals surface area contributed by atoms with E-state index in [-0.39, 0.29) is 23.7 Å². The van der Waals surface area contributed by atoms with E-state index in [0.717, 1.165) is 30.5 Å². The van der Waals surface area contributed by atoms with Crippen molar-refractivity contribution >= 4 is 5.84 Å². The van der Waals surface area contributed by atoms with Crippen LogP contribution in [0.4, 0.5) is 0 Å². The molecule has 1 aromatic carbocycles. The Bertz CT molecular complexity index is 925. The number of hydrogen-bond acceptors (Lipinski definition) is 6. The van der Waals surface area contributed by atoms with Crippen LogP contribution in [0.1, 0.15) is 36.1 Å². The van der Waals surface area contributed by atoms with Gasteiger partial charge in [0.05, 0.1) is 25.5 Å². The first kappa shape index (κ1) is 18.9. The molecule has 3 atom stereocenters. The fraction of sp³-hybridized carbons (Fsp3) is 0.429. The number of morpholine rings is 1. The van der Waals surface area contributed by atoms with Crippen molar-refractivity contribution in [3.63, 3.8) is 0 Å². The van der Waals surface area contributed by atoms with Gasteiger partial charge in [-0.05, 0) is 43.1 Å². The first-order valence-corrected chi connectivity index (χ1v) is 9.70. The molecule has 0 spiro atoms. The summed E-state index contributed by atoms with van der Waals surface area (Å²) in [5.74, 6) is 0.971. The van der Waals surface area contributed by atoms with E-state index >= 15 is 0 Å². The Morgan fingerprint density at radius 1 is 1.18 bits per heavy atom. The molecule has 4 rings (SSSR count). The predicted octanol–water partition coefficient (Wildman–Crippen LogP) is 2.04. The maximum atomic E-state index is 8.60. The average molecular weight is 381 g/mol. The zero-order valence-corrected chi connectivity index (χ0v) is 16.1. The van der Waals surface area contributed by atoms with Crippen LogP contribution in [0.15, 0.2) is 42.6 Å². The van der Waals surface area contributed by atoms with Crippen LogP contribution in [0.2, 0.25) is 0 Å². The number of nitrogens with two attached hydrogens (primary N) is 1. The van der Waals surface area contributed by atoms with Crippen LogP contribution in [0, 0.1) is 10.8 Å². The monoisotopic (exact) mass is 381 g/mol. The van der Waals surface area contributed by atoms with E-state index < -0.39 is 0 Å². The number of ether oxygens (including phenoxy) is 2. The average Bonchev–Trinajstić information content (AvgIpc) is 2.71. The van der Waals surface area contributed by atoms with E-state index in [1.54, 1.807) is 22.9 Å². The summed E-state index contributed by atoms with van der Waals surface area (Å²) in [7, 11) is 1.98. The minimum atomic E-state index is -0.175. The fourth-order valence-electron chi connectivity index (χ4n) is 3.96. The zero-order chi connectivity index (χ0) is 19.7. The Kier molecular flexibility index (Phi) is 5.30. The molecular weight excluding hydrogens is 354 g/mol. The summed E-state index contributed by atoms with van der Waals surface area (Å²) < 4.78 is 13.4. The Morgan fingerprint density at radius 2 is 1.96 bits per heavy atom. The molecule has 1 aliphatic carbocycles. The highest BCUT2D eigenvalue weighted by Crippen LogP contribution is 2.37. The molecule has 0 amide bonds. The number of likely N-dealkylation sites (N-methyl/N-ethyl adjacent to an activating group) is 1. The topological polar surface area (TPSA) is 100 Å². The molecule has 1 saturated heterocycles. The second-order valence-electron chi connectivity index (χ2n) is 7.50. The molecular formula is C21H27N5O2. The number of nitrogens with one attached hydrogen (secondary N) is 2. The number of fused-ring (bicyclic) bond motifs is 1. The summed E-state index contributed by atoms with van der Waals surface area (Å²) in [6.07, 6.45) is 3.39. The van der Waals surface area contributed by atoms with E-state index in [4.69, 9.17) is 26.0 Å². The van der Waals surface area contributed by atoms with Gasteiger partial charge in [-0.25, -0.2) is 0 Å². The van der Waals surface area contributed by atoms with Crippen LogP contribution in [0.5, 0.6) is 5.75 Å². The van der Waals surface area contributed by atoms with E-state index in [9.17, 15) is 0 Å². The Labute approximate surface area is 164 Å². The summed E-state index contributed by atoms with van der Waals surface area (Å²) >= 11 is 0. The molecule has 0 saturated carbocycles. The lowest BCUT2D eigenvalue weighted by Gasteiger charge is -2.33. The number of pyridine rings is 1. The van der Waals surface area contributed by atoms with Gasteiger partial charge in [0.2, 0.25) is 0 Å². The van der Waals surface area contributed by atoms with Crippen molar-refractivity contribution in [1.29, 1.82) is 10.8 Å². The van der Waals surface area contributed by atoms with Gasteiger partial charge in [-0.1, -0.05) is 24.3 Å². The Morgan fingerprint density at radius 3 is 2.75 bits per heavy atom. The van der Waals surface area contributed by atoms with Crippen molar-refractivity contribution in [3.05, 3.63) is 59.2 Å². The second kappa shape index (κ2) is 7.87. The molecule has 2 aromatic rings. The Hall–Kier alpha value is -2.48. The number of nitrogens with zero attached hydrogens (tertiary/aromatic N) is 2. The fourth-order valence-corrected chi connectivity index (χ4v) is 3.96. The van der Waals surface area contributed by atoms with Crippen molar-refractivity contribution in [2.75, 3.05) is 26.8 Å². The quantitative estimate of drug-likeness (QED) is 0.559. The third kappa shape index (κ3) is 3.61. The van der Waals surface area contributed by atoms with Gasteiger partial charge in [0.1, 0.15) is 23.2 Å². The summed E-state index contributed by atoms with van der Waals surface area (Å²) in [5.41, 5.74) is 8.76. The molecule has 1 aliphatic heterocycles. The standard InChI is InChI=1S/C21H27N5O2/c1-25-10-11-27-13-18(25)21(24)26-12-14(6-9-20(26)23)28-19-8-7-17(22)15-4-2-3-5-16(15)19/h2-6,9,12,17-19,23-24H,7-8,10-11,13,22H2,1H3/t17?,18-,19?/m0/s1. The third-order valence-electron chi connectivity index (χ3n) is 5.65. The minimum absolute atomic E-state index is 0.0478. The highest BCUT2D eigenvalue weighted by molar-refractivity contribution is 5.87. The van der Waals surface area contributed by atoms with Crippen molar-refractivity contribution in [2.45, 2.75) is 31.0 Å². The van der Waals surface area contributed by atoms with Gasteiger partial charge in [0.25, 0.3) is 0 Å². The molecule has 0 bridgehead atoms. The maximum absolute atomic E-state index is 8.60. The van der Waals surface area contributed by atoms with Crippen molar-refractivity contribution in [2.24, 2.45) is 5.73 Å². The first-order valence-electron chi connectivity index (χ1n) is 9.70. The SMILES string of the molecule is CN1CCOC[C@H]1C(=N)n1cc(OC2CCC(N)c3ccccc32)ccc1=N. The third-order valence-corrected chi connectivity index (χ3v) is 5.65. The summed E-state index contributed by atoms with van der Waals surface area (Å²) in [6, 6.07) is 11.5. The predicted molar refractivity (Wildman–Crippen MR) is 107 cm³/mol. The zero-order valence-electron chi connectivity index (χ0n) is 16.1. The molecule has 2 aliphatic rings. The van der Waals surface area contributed by atoms with Gasteiger partial charge in [-0.15, -0.1) is 0 Å². The first-order chi connectivity index (χ1) is 13.5. The van der Waals surface area contributed by atoms with E-state index in [1.807, 2.05) is 19.2 Å². The summed E-state index contributed by atoms with van der Waals surface area (Å²) in [6.45, 7) is 1.90. The van der Waals surface area contributed by atoms with Gasteiger partial charge in [-0.3, -0.25) is 20.3 Å². The lowest BCUT2D eigenvalue weighted by molar-refractivity contribution is 0.0287.